The van der Waals surface area contributed by atoms with Gasteiger partial charge in [0, 0.05) is 4.88 Å². The number of hydrogen-bond donors (Lipinski definition) is 2. The van der Waals surface area contributed by atoms with Crippen molar-refractivity contribution in [2.45, 2.75) is 45.6 Å². The van der Waals surface area contributed by atoms with E-state index in [-0.39, 0.29) is 11.9 Å². The van der Waals surface area contributed by atoms with Gasteiger partial charge >= 0.3 is 0 Å². The number of aryl methyl sites for hydroxylation is 2. The Balaban J connectivity index is 1.95. The molecule has 0 bridgehead atoms. The maximum atomic E-state index is 12.0. The number of carbonyl (C=O) groups is 1. The minimum absolute atomic E-state index is 0.0537. The number of amides is 1. The highest BCUT2D eigenvalue weighted by molar-refractivity contribution is 7.15. The highest BCUT2D eigenvalue weighted by Gasteiger charge is 2.20. The third-order valence-electron chi connectivity index (χ3n) is 3.14. The van der Waals surface area contributed by atoms with Crippen LogP contribution in [0, 0.1) is 13.8 Å². The number of carbonyl (C=O) groups excluding carboxylic acids is 1. The molecule has 0 spiro atoms. The Bertz CT molecular complexity index is 375. The van der Waals surface area contributed by atoms with Crippen LogP contribution in [-0.2, 0) is 4.79 Å². The second-order valence-corrected chi connectivity index (χ2v) is 5.71. The Morgan fingerprint density at radius 3 is 2.94 bits per heavy atom. The van der Waals surface area contributed by atoms with E-state index >= 15 is 0 Å². The van der Waals surface area contributed by atoms with Gasteiger partial charge in [-0.05, 0) is 33.2 Å². The number of thiazole rings is 1. The predicted molar refractivity (Wildman–Crippen MR) is 70.5 cm³/mol. The molecule has 0 aromatic carbocycles. The molecule has 1 atom stereocenters. The molecule has 2 heterocycles. The fraction of sp³-hybridized carbons (Fsp3) is 0.667. The summed E-state index contributed by atoms with van der Waals surface area (Å²) in [5, 5.41) is 6.91. The minimum atomic E-state index is -0.0537. The SMILES string of the molecule is Cc1nc(NC(=O)C2CCCCCN2)sc1C. The van der Waals surface area contributed by atoms with Crippen molar-refractivity contribution in [3.63, 3.8) is 0 Å². The Hall–Kier alpha value is -0.940. The first kappa shape index (κ1) is 12.5. The van der Waals surface area contributed by atoms with Crippen molar-refractivity contribution in [3.05, 3.63) is 10.6 Å². The van der Waals surface area contributed by atoms with Crippen molar-refractivity contribution >= 4 is 22.4 Å². The lowest BCUT2D eigenvalue weighted by Gasteiger charge is -2.13. The summed E-state index contributed by atoms with van der Waals surface area (Å²) in [6.45, 7) is 4.92. The molecule has 1 amide bonds. The monoisotopic (exact) mass is 253 g/mol. The van der Waals surface area contributed by atoms with Gasteiger partial charge in [0.15, 0.2) is 5.13 Å². The maximum Gasteiger partial charge on any atom is 0.243 e. The molecule has 0 aliphatic carbocycles. The van der Waals surface area contributed by atoms with Crippen LogP contribution in [-0.4, -0.2) is 23.5 Å². The number of nitrogens with zero attached hydrogens (tertiary/aromatic N) is 1. The number of anilines is 1. The first-order chi connectivity index (χ1) is 8.16. The van der Waals surface area contributed by atoms with Crippen LogP contribution in [0.3, 0.4) is 0 Å². The van der Waals surface area contributed by atoms with Crippen molar-refractivity contribution in [3.8, 4) is 0 Å². The molecule has 5 heteroatoms. The van der Waals surface area contributed by atoms with Gasteiger partial charge in [0.05, 0.1) is 11.7 Å². The molecule has 1 aromatic heterocycles. The molecule has 1 aliphatic rings. The lowest BCUT2D eigenvalue weighted by Crippen LogP contribution is -2.39. The van der Waals surface area contributed by atoms with Gasteiger partial charge in [-0.3, -0.25) is 4.79 Å². The van der Waals surface area contributed by atoms with E-state index in [1.54, 1.807) is 11.3 Å². The van der Waals surface area contributed by atoms with E-state index < -0.39 is 0 Å². The van der Waals surface area contributed by atoms with Crippen LogP contribution in [0.1, 0.15) is 36.3 Å². The van der Waals surface area contributed by atoms with Gasteiger partial charge in [-0.15, -0.1) is 11.3 Å². The molecule has 0 radical (unpaired) electrons. The summed E-state index contributed by atoms with van der Waals surface area (Å²) in [4.78, 5) is 17.5. The quantitative estimate of drug-likeness (QED) is 0.850. The largest absolute Gasteiger partial charge is 0.306 e. The minimum Gasteiger partial charge on any atom is -0.306 e. The fourth-order valence-electron chi connectivity index (χ4n) is 1.97. The summed E-state index contributed by atoms with van der Waals surface area (Å²) < 4.78 is 0. The lowest BCUT2D eigenvalue weighted by atomic mass is 10.1. The summed E-state index contributed by atoms with van der Waals surface area (Å²) in [6, 6.07) is -0.0537. The number of rotatable bonds is 2. The summed E-state index contributed by atoms with van der Waals surface area (Å²) in [5.41, 5.74) is 0.999. The number of nitrogens with one attached hydrogen (secondary N) is 2. The molecule has 0 saturated carbocycles. The molecule has 1 saturated heterocycles. The predicted octanol–water partition coefficient (Wildman–Crippen LogP) is 2.23. The van der Waals surface area contributed by atoms with E-state index in [0.717, 1.165) is 35.1 Å². The Morgan fingerprint density at radius 1 is 1.41 bits per heavy atom. The topological polar surface area (TPSA) is 54.0 Å². The molecule has 2 rings (SSSR count). The van der Waals surface area contributed by atoms with Crippen LogP contribution >= 0.6 is 11.3 Å². The van der Waals surface area contributed by atoms with Crippen LogP contribution < -0.4 is 10.6 Å². The van der Waals surface area contributed by atoms with Crippen molar-refractivity contribution in [2.24, 2.45) is 0 Å². The van der Waals surface area contributed by atoms with E-state index in [1.165, 1.54) is 12.8 Å². The smallest absolute Gasteiger partial charge is 0.243 e. The third-order valence-corrected chi connectivity index (χ3v) is 4.12. The first-order valence-corrected chi connectivity index (χ1v) is 6.97. The Labute approximate surface area is 106 Å². The van der Waals surface area contributed by atoms with Gasteiger partial charge in [-0.1, -0.05) is 12.8 Å². The number of hydrogen-bond acceptors (Lipinski definition) is 4. The fourth-order valence-corrected chi connectivity index (χ4v) is 2.79. The zero-order valence-electron chi connectivity index (χ0n) is 10.4. The van der Waals surface area contributed by atoms with Gasteiger partial charge in [0.25, 0.3) is 0 Å². The molecule has 2 N–H and O–H groups in total. The molecule has 94 valence electrons. The first-order valence-electron chi connectivity index (χ1n) is 6.15. The highest BCUT2D eigenvalue weighted by Crippen LogP contribution is 2.21. The van der Waals surface area contributed by atoms with Gasteiger partial charge in [-0.25, -0.2) is 4.98 Å². The normalized spacial score (nSPS) is 20.9. The summed E-state index contributed by atoms with van der Waals surface area (Å²) in [6.07, 6.45) is 4.43. The molecule has 1 fully saturated rings. The lowest BCUT2D eigenvalue weighted by molar-refractivity contribution is -0.118. The molecule has 1 aromatic rings. The summed E-state index contributed by atoms with van der Waals surface area (Å²) >= 11 is 1.54. The van der Waals surface area contributed by atoms with Crippen LogP contribution in [0.5, 0.6) is 0 Å². The average molecular weight is 253 g/mol. The zero-order valence-corrected chi connectivity index (χ0v) is 11.2. The second-order valence-electron chi connectivity index (χ2n) is 4.51. The Morgan fingerprint density at radius 2 is 2.24 bits per heavy atom. The second kappa shape index (κ2) is 5.60. The van der Waals surface area contributed by atoms with Crippen LogP contribution in [0.2, 0.25) is 0 Å². The van der Waals surface area contributed by atoms with Crippen LogP contribution in [0.25, 0.3) is 0 Å². The van der Waals surface area contributed by atoms with Gasteiger partial charge < -0.3 is 10.6 Å². The third kappa shape index (κ3) is 3.26. The highest BCUT2D eigenvalue weighted by atomic mass is 32.1. The summed E-state index contributed by atoms with van der Waals surface area (Å²) in [5.74, 6) is 0.0562. The number of aromatic nitrogens is 1. The van der Waals surface area contributed by atoms with Crippen molar-refractivity contribution in [1.29, 1.82) is 0 Å². The zero-order chi connectivity index (χ0) is 12.3. The molecule has 1 unspecified atom stereocenters. The maximum absolute atomic E-state index is 12.0. The van der Waals surface area contributed by atoms with Crippen molar-refractivity contribution in [2.75, 3.05) is 11.9 Å². The van der Waals surface area contributed by atoms with E-state index in [9.17, 15) is 4.79 Å². The van der Waals surface area contributed by atoms with E-state index in [0.29, 0.717) is 0 Å². The molecular weight excluding hydrogens is 234 g/mol. The van der Waals surface area contributed by atoms with Gasteiger partial charge in [0.2, 0.25) is 5.91 Å². The summed E-state index contributed by atoms with van der Waals surface area (Å²) in [7, 11) is 0. The van der Waals surface area contributed by atoms with Gasteiger partial charge in [-0.2, -0.15) is 0 Å². The Kier molecular flexibility index (Phi) is 4.12. The van der Waals surface area contributed by atoms with E-state index in [1.807, 2.05) is 13.8 Å². The van der Waals surface area contributed by atoms with Crippen molar-refractivity contribution < 1.29 is 4.79 Å². The standard InChI is InChI=1S/C12H19N3OS/c1-8-9(2)17-12(14-8)15-11(16)10-6-4-3-5-7-13-10/h10,13H,3-7H2,1-2H3,(H,14,15,16). The average Bonchev–Trinajstić information content (AvgIpc) is 2.54. The van der Waals surface area contributed by atoms with Gasteiger partial charge in [0.1, 0.15) is 0 Å². The molecule has 1 aliphatic heterocycles. The van der Waals surface area contributed by atoms with Crippen LogP contribution in [0.4, 0.5) is 5.13 Å². The van der Waals surface area contributed by atoms with E-state index in [4.69, 9.17) is 0 Å². The molecular formula is C12H19N3OS. The molecule has 17 heavy (non-hydrogen) atoms. The van der Waals surface area contributed by atoms with E-state index in [2.05, 4.69) is 15.6 Å². The van der Waals surface area contributed by atoms with Crippen molar-refractivity contribution in [1.82, 2.24) is 10.3 Å². The molecule has 4 nitrogen and oxygen atoms in total. The van der Waals surface area contributed by atoms with Crippen LogP contribution in [0.15, 0.2) is 0 Å².